The lowest BCUT2D eigenvalue weighted by Gasteiger charge is -2.37. The van der Waals surface area contributed by atoms with Gasteiger partial charge < -0.3 is 15.5 Å². The first-order valence-electron chi connectivity index (χ1n) is 11.4. The number of nitro groups is 1. The summed E-state index contributed by atoms with van der Waals surface area (Å²) in [6.07, 6.45) is 3.04. The highest BCUT2D eigenvalue weighted by Crippen LogP contribution is 2.47. The summed E-state index contributed by atoms with van der Waals surface area (Å²) in [7, 11) is 0. The van der Waals surface area contributed by atoms with Crippen molar-refractivity contribution in [2.45, 2.75) is 29.5 Å². The lowest BCUT2D eigenvalue weighted by Crippen LogP contribution is -2.38. The Hall–Kier alpha value is -4.48. The molecule has 2 aliphatic rings. The van der Waals surface area contributed by atoms with Gasteiger partial charge in [0.15, 0.2) is 10.1 Å². The number of non-ortho nitro benzene ring substituents is 1. The number of hydrogen-bond donors (Lipinski definition) is 2. The number of rotatable bonds is 7. The van der Waals surface area contributed by atoms with Gasteiger partial charge in [-0.2, -0.15) is 5.26 Å². The van der Waals surface area contributed by atoms with Gasteiger partial charge in [0.25, 0.3) is 5.69 Å². The Balaban J connectivity index is 1.37. The Morgan fingerprint density at radius 3 is 2.92 bits per heavy atom. The fourth-order valence-corrected chi connectivity index (χ4v) is 6.10. The van der Waals surface area contributed by atoms with Gasteiger partial charge in [0.2, 0.25) is 11.0 Å². The Labute approximate surface area is 224 Å². The van der Waals surface area contributed by atoms with Gasteiger partial charge in [-0.3, -0.25) is 24.6 Å². The number of allylic oxidation sites excluding steroid dienone is 3. The first-order valence-corrected chi connectivity index (χ1v) is 13.2. The molecule has 0 saturated carbocycles. The highest BCUT2D eigenvalue weighted by Gasteiger charge is 2.42. The SMILES string of the molecule is N#CC1=C(N)N(c2nnc(SCC(=O)Nc3cccc([N+](=O)[O-])c3)s2)C2=C(C(=O)CCC2)C1c1ccco1. The number of nitrogens with one attached hydrogen (secondary N) is 1. The summed E-state index contributed by atoms with van der Waals surface area (Å²) in [4.78, 5) is 37.5. The molecule has 0 spiro atoms. The maximum absolute atomic E-state index is 13.1. The van der Waals surface area contributed by atoms with E-state index in [1.165, 1.54) is 35.8 Å². The smallest absolute Gasteiger partial charge is 0.271 e. The molecule has 0 saturated heterocycles. The summed E-state index contributed by atoms with van der Waals surface area (Å²) in [6, 6.07) is 11.2. The van der Waals surface area contributed by atoms with E-state index in [0.717, 1.165) is 11.8 Å². The number of nitrogens with zero attached hydrogens (tertiary/aromatic N) is 5. The number of benzene rings is 1. The van der Waals surface area contributed by atoms with E-state index in [-0.39, 0.29) is 34.5 Å². The quantitative estimate of drug-likeness (QED) is 0.246. The van der Waals surface area contributed by atoms with Gasteiger partial charge in [0.1, 0.15) is 11.6 Å². The van der Waals surface area contributed by atoms with Crippen molar-refractivity contribution in [3.8, 4) is 6.07 Å². The predicted octanol–water partition coefficient (Wildman–Crippen LogP) is 4.07. The van der Waals surface area contributed by atoms with Crippen LogP contribution in [0.3, 0.4) is 0 Å². The number of thioether (sulfide) groups is 1. The molecular weight excluding hydrogens is 530 g/mol. The number of Topliss-reactive ketones (excluding diaryl/α,β-unsaturated/α-hetero) is 1. The fourth-order valence-electron chi connectivity index (χ4n) is 4.42. The molecule has 3 heterocycles. The van der Waals surface area contributed by atoms with Crippen molar-refractivity contribution in [3.05, 3.63) is 81.2 Å². The largest absolute Gasteiger partial charge is 0.468 e. The molecule has 0 bridgehead atoms. The van der Waals surface area contributed by atoms with Gasteiger partial charge in [-0.15, -0.1) is 10.2 Å². The van der Waals surface area contributed by atoms with Gasteiger partial charge in [0, 0.05) is 35.5 Å². The number of furan rings is 1. The fraction of sp³-hybridized carbons (Fsp3) is 0.208. The van der Waals surface area contributed by atoms with Crippen molar-refractivity contribution in [2.75, 3.05) is 16.0 Å². The molecule has 3 aromatic rings. The average Bonchev–Trinajstić information content (AvgIpc) is 3.60. The molecule has 5 rings (SSSR count). The topological polar surface area (TPSA) is 181 Å². The summed E-state index contributed by atoms with van der Waals surface area (Å²) >= 11 is 2.30. The van der Waals surface area contributed by atoms with E-state index in [1.54, 1.807) is 23.1 Å². The van der Waals surface area contributed by atoms with Crippen LogP contribution in [0, 0.1) is 21.4 Å². The molecule has 1 unspecified atom stereocenters. The molecule has 1 aliphatic carbocycles. The van der Waals surface area contributed by atoms with Crippen molar-refractivity contribution in [1.29, 1.82) is 5.26 Å². The van der Waals surface area contributed by atoms with Crippen molar-refractivity contribution in [3.63, 3.8) is 0 Å². The molecule has 2 aromatic heterocycles. The van der Waals surface area contributed by atoms with E-state index in [1.807, 2.05) is 0 Å². The van der Waals surface area contributed by atoms with Crippen LogP contribution >= 0.6 is 23.1 Å². The van der Waals surface area contributed by atoms with Crippen molar-refractivity contribution in [1.82, 2.24) is 10.2 Å². The maximum atomic E-state index is 13.1. The zero-order valence-corrected chi connectivity index (χ0v) is 21.3. The summed E-state index contributed by atoms with van der Waals surface area (Å²) in [5.74, 6) is -0.531. The monoisotopic (exact) mass is 549 g/mol. The van der Waals surface area contributed by atoms with E-state index >= 15 is 0 Å². The molecule has 1 atom stereocenters. The summed E-state index contributed by atoms with van der Waals surface area (Å²) in [5.41, 5.74) is 7.99. The van der Waals surface area contributed by atoms with Gasteiger partial charge >= 0.3 is 0 Å². The summed E-state index contributed by atoms with van der Waals surface area (Å²) < 4.78 is 6.04. The number of hydrogen-bond acceptors (Lipinski definition) is 12. The predicted molar refractivity (Wildman–Crippen MR) is 139 cm³/mol. The number of carbonyl (C=O) groups excluding carboxylic acids is 2. The van der Waals surface area contributed by atoms with Crippen LogP contribution in [-0.2, 0) is 9.59 Å². The van der Waals surface area contributed by atoms with Crippen LogP contribution in [0.1, 0.15) is 30.9 Å². The molecule has 14 heteroatoms. The average molecular weight is 550 g/mol. The third-order valence-electron chi connectivity index (χ3n) is 6.00. The van der Waals surface area contributed by atoms with Gasteiger partial charge in [-0.25, -0.2) is 0 Å². The van der Waals surface area contributed by atoms with E-state index in [4.69, 9.17) is 10.2 Å². The van der Waals surface area contributed by atoms with E-state index in [9.17, 15) is 25.0 Å². The number of aromatic nitrogens is 2. The number of nitriles is 1. The molecule has 0 fully saturated rings. The van der Waals surface area contributed by atoms with Crippen LogP contribution in [-0.4, -0.2) is 32.6 Å². The molecule has 1 amide bonds. The number of ketones is 1. The second-order valence-corrected chi connectivity index (χ2v) is 10.5. The van der Waals surface area contributed by atoms with Crippen LogP contribution in [0.2, 0.25) is 0 Å². The summed E-state index contributed by atoms with van der Waals surface area (Å²) in [6.45, 7) is 0. The molecule has 192 valence electrons. The minimum absolute atomic E-state index is 0.0148. The third kappa shape index (κ3) is 4.76. The number of carbonyl (C=O) groups is 2. The van der Waals surface area contributed by atoms with Gasteiger partial charge in [0.05, 0.1) is 34.5 Å². The van der Waals surface area contributed by atoms with Crippen LogP contribution in [0.5, 0.6) is 0 Å². The third-order valence-corrected chi connectivity index (χ3v) is 8.04. The molecule has 1 aromatic carbocycles. The highest BCUT2D eigenvalue weighted by atomic mass is 32.2. The molecule has 38 heavy (non-hydrogen) atoms. The minimum Gasteiger partial charge on any atom is -0.468 e. The molecule has 3 N–H and O–H groups in total. The minimum atomic E-state index is -0.687. The molecular formula is C24H19N7O5S2. The second kappa shape index (κ2) is 10.5. The van der Waals surface area contributed by atoms with Gasteiger partial charge in [-0.1, -0.05) is 29.2 Å². The Morgan fingerprint density at radius 2 is 2.18 bits per heavy atom. The molecule has 1 aliphatic heterocycles. The molecule has 12 nitrogen and oxygen atoms in total. The van der Waals surface area contributed by atoms with E-state index < -0.39 is 10.8 Å². The van der Waals surface area contributed by atoms with Crippen molar-refractivity contribution in [2.24, 2.45) is 5.73 Å². The van der Waals surface area contributed by atoms with E-state index in [2.05, 4.69) is 21.6 Å². The number of anilines is 2. The second-order valence-electron chi connectivity index (χ2n) is 8.33. The number of nitro benzene ring substituents is 1. The first kappa shape index (κ1) is 25.2. The summed E-state index contributed by atoms with van der Waals surface area (Å²) in [5, 5.41) is 32.3. The lowest BCUT2D eigenvalue weighted by atomic mass is 9.78. The van der Waals surface area contributed by atoms with Crippen LogP contribution in [0.25, 0.3) is 0 Å². The van der Waals surface area contributed by atoms with Crippen molar-refractivity contribution < 1.29 is 18.9 Å². The first-order chi connectivity index (χ1) is 18.4. The number of amides is 1. The highest BCUT2D eigenvalue weighted by molar-refractivity contribution is 8.01. The Kier molecular flexibility index (Phi) is 6.95. The van der Waals surface area contributed by atoms with E-state index in [0.29, 0.717) is 51.5 Å². The van der Waals surface area contributed by atoms with Crippen LogP contribution in [0.15, 0.2) is 74.1 Å². The maximum Gasteiger partial charge on any atom is 0.271 e. The Morgan fingerprint density at radius 1 is 1.34 bits per heavy atom. The lowest BCUT2D eigenvalue weighted by molar-refractivity contribution is -0.384. The van der Waals surface area contributed by atoms with Crippen LogP contribution < -0.4 is 16.0 Å². The van der Waals surface area contributed by atoms with Gasteiger partial charge in [-0.05, 0) is 31.0 Å². The van der Waals surface area contributed by atoms with Crippen LogP contribution in [0.4, 0.5) is 16.5 Å². The van der Waals surface area contributed by atoms with Crippen molar-refractivity contribution >= 4 is 51.3 Å². The molecule has 0 radical (unpaired) electrons. The Bertz CT molecular complexity index is 1540. The number of nitrogens with two attached hydrogens (primary N) is 1. The standard InChI is InChI=1S/C24H19N7O5S2/c25-11-15-20(18-8-3-9-36-18)21-16(6-2-7-17(21)32)30(22(15)26)23-28-29-24(38-23)37-12-19(33)27-13-4-1-5-14(10-13)31(34)35/h1,3-5,8-10,20H,2,6-7,12,26H2,(H,27,33). The zero-order chi connectivity index (χ0) is 26.8. The normalized spacial score (nSPS) is 17.3. The zero-order valence-electron chi connectivity index (χ0n) is 19.6.